The molecule has 0 aliphatic carbocycles. The van der Waals surface area contributed by atoms with Crippen LogP contribution in [-0.2, 0) is 14.7 Å². The fraction of sp³-hybridized carbons (Fsp3) is 0. The zero-order valence-electron chi connectivity index (χ0n) is 9.33. The van der Waals surface area contributed by atoms with Gasteiger partial charge in [0.2, 0.25) is 0 Å². The summed E-state index contributed by atoms with van der Waals surface area (Å²) >= 11 is 0. The highest BCUT2D eigenvalue weighted by molar-refractivity contribution is 7.85. The van der Waals surface area contributed by atoms with E-state index in [1.54, 1.807) is 18.2 Å². The van der Waals surface area contributed by atoms with Crippen molar-refractivity contribution in [2.75, 3.05) is 0 Å². The Morgan fingerprint density at radius 2 is 1.33 bits per heavy atom. The third kappa shape index (κ3) is 1.75. The number of hydrogen-bond acceptors (Lipinski definition) is 2. The molecular formula is C14H9O3S. The van der Waals surface area contributed by atoms with Gasteiger partial charge in [-0.1, -0.05) is 41.0 Å². The maximum Gasteiger partial charge on any atom is 0.324 e. The third-order valence-corrected chi connectivity index (χ3v) is 3.87. The van der Waals surface area contributed by atoms with Gasteiger partial charge in [0.15, 0.2) is 0 Å². The fourth-order valence-corrected chi connectivity index (χ4v) is 2.85. The molecule has 0 N–H and O–H groups in total. The van der Waals surface area contributed by atoms with E-state index >= 15 is 0 Å². The maximum absolute atomic E-state index is 11.2. The van der Waals surface area contributed by atoms with Crippen molar-refractivity contribution in [2.45, 2.75) is 4.90 Å². The minimum atomic E-state index is -4.45. The molecule has 0 fully saturated rings. The van der Waals surface area contributed by atoms with Crippen LogP contribution >= 0.6 is 0 Å². The Balaban J connectivity index is 2.51. The molecule has 0 heterocycles. The van der Waals surface area contributed by atoms with Crippen LogP contribution in [0.1, 0.15) is 0 Å². The zero-order valence-corrected chi connectivity index (χ0v) is 10.1. The second-order valence-corrected chi connectivity index (χ2v) is 5.48. The molecule has 18 heavy (non-hydrogen) atoms. The first-order chi connectivity index (χ1) is 8.55. The second kappa shape index (κ2) is 3.80. The number of fused-ring (bicyclic) bond motifs is 2. The first-order valence-corrected chi connectivity index (χ1v) is 6.84. The fourth-order valence-electron chi connectivity index (χ4n) is 2.16. The number of benzene rings is 3. The van der Waals surface area contributed by atoms with Gasteiger partial charge in [0.25, 0.3) is 0 Å². The van der Waals surface area contributed by atoms with Gasteiger partial charge >= 0.3 is 10.1 Å². The SMILES string of the molecule is [O]S(=O)(=O)c1cccc2cc3ccccc3cc12. The van der Waals surface area contributed by atoms with Crippen LogP contribution in [0.4, 0.5) is 0 Å². The van der Waals surface area contributed by atoms with Crippen LogP contribution in [-0.4, -0.2) is 8.42 Å². The van der Waals surface area contributed by atoms with Crippen LogP contribution in [0.25, 0.3) is 21.5 Å². The van der Waals surface area contributed by atoms with E-state index < -0.39 is 10.1 Å². The van der Waals surface area contributed by atoms with Gasteiger partial charge in [-0.2, -0.15) is 8.42 Å². The molecular weight excluding hydrogens is 248 g/mol. The summed E-state index contributed by atoms with van der Waals surface area (Å²) in [7, 11) is -4.45. The summed E-state index contributed by atoms with van der Waals surface area (Å²) in [5, 5.41) is 3.17. The molecule has 3 aromatic rings. The second-order valence-electron chi connectivity index (χ2n) is 4.13. The van der Waals surface area contributed by atoms with E-state index in [-0.39, 0.29) is 4.90 Å². The molecule has 0 aromatic heterocycles. The van der Waals surface area contributed by atoms with Crippen molar-refractivity contribution in [2.24, 2.45) is 0 Å². The minimum Gasteiger partial charge on any atom is -0.192 e. The summed E-state index contributed by atoms with van der Waals surface area (Å²) in [6.45, 7) is 0. The largest absolute Gasteiger partial charge is 0.324 e. The van der Waals surface area contributed by atoms with Crippen LogP contribution in [0, 0.1) is 0 Å². The van der Waals surface area contributed by atoms with Crippen LogP contribution < -0.4 is 0 Å². The summed E-state index contributed by atoms with van der Waals surface area (Å²) in [6, 6.07) is 16.0. The predicted molar refractivity (Wildman–Crippen MR) is 69.3 cm³/mol. The van der Waals surface area contributed by atoms with Crippen molar-refractivity contribution in [3.05, 3.63) is 54.6 Å². The summed E-state index contributed by atoms with van der Waals surface area (Å²) < 4.78 is 33.7. The highest BCUT2D eigenvalue weighted by atomic mass is 32.2. The molecule has 0 aliphatic rings. The Hall–Kier alpha value is -1.91. The third-order valence-electron chi connectivity index (χ3n) is 2.98. The quantitative estimate of drug-likeness (QED) is 0.629. The van der Waals surface area contributed by atoms with Gasteiger partial charge in [-0.3, -0.25) is 0 Å². The average molecular weight is 257 g/mol. The van der Waals surface area contributed by atoms with Gasteiger partial charge < -0.3 is 0 Å². The lowest BCUT2D eigenvalue weighted by molar-refractivity contribution is 0.415. The van der Waals surface area contributed by atoms with Gasteiger partial charge in [0.1, 0.15) is 4.90 Å². The number of rotatable bonds is 1. The maximum atomic E-state index is 11.2. The zero-order chi connectivity index (χ0) is 12.8. The molecule has 3 rings (SSSR count). The minimum absolute atomic E-state index is 0.161. The van der Waals surface area contributed by atoms with Crippen LogP contribution in [0.15, 0.2) is 59.5 Å². The van der Waals surface area contributed by atoms with Crippen molar-refractivity contribution in [3.63, 3.8) is 0 Å². The topological polar surface area (TPSA) is 54.0 Å². The van der Waals surface area contributed by atoms with Crippen molar-refractivity contribution < 1.29 is 13.0 Å². The van der Waals surface area contributed by atoms with Crippen molar-refractivity contribution in [3.8, 4) is 0 Å². The van der Waals surface area contributed by atoms with E-state index in [1.165, 1.54) is 6.07 Å². The normalized spacial score (nSPS) is 12.1. The van der Waals surface area contributed by atoms with Crippen LogP contribution in [0.3, 0.4) is 0 Å². The van der Waals surface area contributed by atoms with Crippen LogP contribution in [0.5, 0.6) is 0 Å². The van der Waals surface area contributed by atoms with Gasteiger partial charge in [-0.25, -0.2) is 0 Å². The highest BCUT2D eigenvalue weighted by Gasteiger charge is 2.15. The molecule has 0 spiro atoms. The van der Waals surface area contributed by atoms with E-state index in [0.717, 1.165) is 16.2 Å². The monoisotopic (exact) mass is 257 g/mol. The summed E-state index contributed by atoms with van der Waals surface area (Å²) in [5.74, 6) is 0. The Bertz CT molecular complexity index is 851. The Kier molecular flexibility index (Phi) is 2.36. The molecule has 0 amide bonds. The molecule has 0 atom stereocenters. The van der Waals surface area contributed by atoms with Crippen molar-refractivity contribution in [1.82, 2.24) is 0 Å². The first-order valence-electron chi connectivity index (χ1n) is 5.43. The highest BCUT2D eigenvalue weighted by Crippen LogP contribution is 2.27. The molecule has 4 heteroatoms. The molecule has 1 radical (unpaired) electrons. The van der Waals surface area contributed by atoms with Crippen molar-refractivity contribution >= 4 is 31.7 Å². The smallest absolute Gasteiger partial charge is 0.192 e. The average Bonchev–Trinajstić information content (AvgIpc) is 2.34. The number of hydrogen-bond donors (Lipinski definition) is 0. The molecule has 89 valence electrons. The molecule has 0 bridgehead atoms. The van der Waals surface area contributed by atoms with Crippen molar-refractivity contribution in [1.29, 1.82) is 0 Å². The Morgan fingerprint density at radius 3 is 2.00 bits per heavy atom. The summed E-state index contributed by atoms with van der Waals surface area (Å²) in [5.41, 5.74) is 0. The van der Waals surface area contributed by atoms with E-state index in [2.05, 4.69) is 0 Å². The van der Waals surface area contributed by atoms with Gasteiger partial charge in [-0.15, -0.1) is 0 Å². The Morgan fingerprint density at radius 1 is 0.722 bits per heavy atom. The van der Waals surface area contributed by atoms with E-state index in [0.29, 0.717) is 5.39 Å². The van der Waals surface area contributed by atoms with E-state index in [1.807, 2.05) is 30.3 Å². The molecule has 0 saturated carbocycles. The standard InChI is InChI=1S/C14H9O3S/c15-18(16,17)14-7-3-6-12-8-10-4-1-2-5-11(10)9-13(12)14/h1-9H. The lowest BCUT2D eigenvalue weighted by atomic mass is 10.0. The van der Waals surface area contributed by atoms with E-state index in [9.17, 15) is 13.0 Å². The van der Waals surface area contributed by atoms with Gasteiger partial charge in [0, 0.05) is 5.39 Å². The lowest BCUT2D eigenvalue weighted by Crippen LogP contribution is -1.97. The molecule has 0 saturated heterocycles. The van der Waals surface area contributed by atoms with E-state index in [4.69, 9.17) is 0 Å². The van der Waals surface area contributed by atoms with Gasteiger partial charge in [0.05, 0.1) is 0 Å². The predicted octanol–water partition coefficient (Wildman–Crippen LogP) is 3.11. The van der Waals surface area contributed by atoms with Gasteiger partial charge in [-0.05, 0) is 34.4 Å². The molecule has 3 nitrogen and oxygen atoms in total. The lowest BCUT2D eigenvalue weighted by Gasteiger charge is -2.05. The summed E-state index contributed by atoms with van der Waals surface area (Å²) in [6.07, 6.45) is 0. The molecule has 0 unspecified atom stereocenters. The first kappa shape index (κ1) is 11.2. The summed E-state index contributed by atoms with van der Waals surface area (Å²) in [4.78, 5) is -0.161. The molecule has 3 aromatic carbocycles. The molecule has 0 aliphatic heterocycles. The van der Waals surface area contributed by atoms with Crippen LogP contribution in [0.2, 0.25) is 0 Å². The Labute approximate surface area is 104 Å².